The van der Waals surface area contributed by atoms with E-state index in [2.05, 4.69) is 21.2 Å². The largest absolute Gasteiger partial charge is 0.481 e. The Morgan fingerprint density at radius 3 is 2.60 bits per heavy atom. The van der Waals surface area contributed by atoms with E-state index in [1.165, 1.54) is 6.92 Å². The van der Waals surface area contributed by atoms with Crippen LogP contribution in [0.1, 0.15) is 31.1 Å². The second kappa shape index (κ2) is 7.28. The number of carbonyl (C=O) groups is 2. The normalized spacial score (nSPS) is 10.4. The number of carbonyl (C=O) groups excluding carboxylic acids is 2. The highest BCUT2D eigenvalue weighted by Gasteiger charge is 2.15. The lowest BCUT2D eigenvalue weighted by Crippen LogP contribution is -2.32. The number of hydrogen-bond acceptors (Lipinski definition) is 4. The number of benzene rings is 1. The molecule has 0 aliphatic heterocycles. The van der Waals surface area contributed by atoms with E-state index in [1.807, 2.05) is 13.8 Å². The summed E-state index contributed by atoms with van der Waals surface area (Å²) in [5, 5.41) is 2.73. The van der Waals surface area contributed by atoms with Crippen LogP contribution in [0.15, 0.2) is 16.6 Å². The van der Waals surface area contributed by atoms with Crippen molar-refractivity contribution in [2.24, 2.45) is 5.92 Å². The summed E-state index contributed by atoms with van der Waals surface area (Å²) in [7, 11) is 0. The van der Waals surface area contributed by atoms with E-state index < -0.39 is 0 Å². The number of nitrogen functional groups attached to an aromatic ring is 1. The fraction of sp³-hybridized carbons (Fsp3) is 0.429. The van der Waals surface area contributed by atoms with E-state index in [0.29, 0.717) is 28.2 Å². The van der Waals surface area contributed by atoms with Gasteiger partial charge in [-0.1, -0.05) is 29.8 Å². The van der Waals surface area contributed by atoms with Gasteiger partial charge in [0.05, 0.1) is 11.3 Å². The number of halogens is 1. The lowest BCUT2D eigenvalue weighted by Gasteiger charge is -2.13. The van der Waals surface area contributed by atoms with Crippen LogP contribution in [0.3, 0.4) is 0 Å². The molecule has 0 aliphatic rings. The summed E-state index contributed by atoms with van der Waals surface area (Å²) in [6.07, 6.45) is 0. The Morgan fingerprint density at radius 1 is 1.40 bits per heavy atom. The first-order chi connectivity index (χ1) is 9.31. The van der Waals surface area contributed by atoms with Crippen LogP contribution in [0.5, 0.6) is 5.75 Å². The number of rotatable bonds is 6. The lowest BCUT2D eigenvalue weighted by atomic mass is 10.1. The summed E-state index contributed by atoms with van der Waals surface area (Å²) in [5.74, 6) is 0.205. The third-order valence-electron chi connectivity index (χ3n) is 2.52. The van der Waals surface area contributed by atoms with E-state index >= 15 is 0 Å². The Kier molecular flexibility index (Phi) is 6.01. The smallest absolute Gasteiger partial charge is 0.257 e. The molecule has 6 heteroatoms. The van der Waals surface area contributed by atoms with Crippen LogP contribution >= 0.6 is 15.9 Å². The molecule has 0 heterocycles. The number of hydrogen-bond donors (Lipinski definition) is 2. The van der Waals surface area contributed by atoms with Crippen molar-refractivity contribution in [1.82, 2.24) is 5.32 Å². The van der Waals surface area contributed by atoms with E-state index in [9.17, 15) is 9.59 Å². The van der Waals surface area contributed by atoms with Crippen molar-refractivity contribution in [2.45, 2.75) is 20.8 Å². The van der Waals surface area contributed by atoms with Crippen molar-refractivity contribution < 1.29 is 14.3 Å². The molecule has 20 heavy (non-hydrogen) atoms. The topological polar surface area (TPSA) is 81.4 Å². The van der Waals surface area contributed by atoms with Crippen LogP contribution in [0.4, 0.5) is 5.69 Å². The van der Waals surface area contributed by atoms with Gasteiger partial charge in [-0.15, -0.1) is 0 Å². The molecule has 0 atom stereocenters. The zero-order chi connectivity index (χ0) is 15.3. The molecular weight excluding hydrogens is 324 g/mol. The Hall–Kier alpha value is -1.56. The molecular formula is C14H19BrN2O3. The molecule has 3 N–H and O–H groups in total. The van der Waals surface area contributed by atoms with Crippen molar-refractivity contribution >= 4 is 33.3 Å². The molecule has 0 unspecified atom stereocenters. The van der Waals surface area contributed by atoms with E-state index in [1.54, 1.807) is 12.1 Å². The van der Waals surface area contributed by atoms with Gasteiger partial charge >= 0.3 is 0 Å². The summed E-state index contributed by atoms with van der Waals surface area (Å²) in [5.41, 5.74) is 6.51. The average molecular weight is 343 g/mol. The zero-order valence-corrected chi connectivity index (χ0v) is 13.4. The molecule has 1 aromatic rings. The van der Waals surface area contributed by atoms with Crippen LogP contribution in [-0.2, 0) is 4.79 Å². The number of Topliss-reactive ketones (excluding diaryl/α,β-unsaturated/α-hetero) is 1. The molecule has 0 radical (unpaired) electrons. The molecule has 0 saturated heterocycles. The Balaban J connectivity index is 2.77. The first-order valence-corrected chi connectivity index (χ1v) is 7.10. The minimum Gasteiger partial charge on any atom is -0.481 e. The third kappa shape index (κ3) is 4.85. The first kappa shape index (κ1) is 16.5. The van der Waals surface area contributed by atoms with Crippen LogP contribution < -0.4 is 15.8 Å². The number of ether oxygens (including phenoxy) is 1. The molecule has 1 amide bonds. The van der Waals surface area contributed by atoms with Crippen LogP contribution in [0, 0.1) is 5.92 Å². The summed E-state index contributed by atoms with van der Waals surface area (Å²) in [6, 6.07) is 3.26. The highest BCUT2D eigenvalue weighted by atomic mass is 79.9. The predicted octanol–water partition coefficient (Wildman–Crippen LogP) is 2.38. The van der Waals surface area contributed by atoms with Gasteiger partial charge in [0.2, 0.25) is 0 Å². The second-order valence-electron chi connectivity index (χ2n) is 4.91. The molecule has 110 valence electrons. The summed E-state index contributed by atoms with van der Waals surface area (Å²) in [4.78, 5) is 23.2. The van der Waals surface area contributed by atoms with Gasteiger partial charge in [0, 0.05) is 11.0 Å². The van der Waals surface area contributed by atoms with Crippen LogP contribution in [0.2, 0.25) is 0 Å². The van der Waals surface area contributed by atoms with Gasteiger partial charge in [0.15, 0.2) is 18.1 Å². The van der Waals surface area contributed by atoms with E-state index in [4.69, 9.17) is 10.5 Å². The van der Waals surface area contributed by atoms with Gasteiger partial charge in [-0.3, -0.25) is 9.59 Å². The van der Waals surface area contributed by atoms with Crippen molar-refractivity contribution in [2.75, 3.05) is 18.9 Å². The number of ketones is 1. The predicted molar refractivity (Wildman–Crippen MR) is 81.9 cm³/mol. The first-order valence-electron chi connectivity index (χ1n) is 6.30. The molecule has 0 fully saturated rings. The van der Waals surface area contributed by atoms with Gasteiger partial charge in [-0.05, 0) is 25.0 Å². The number of anilines is 1. The highest BCUT2D eigenvalue weighted by Crippen LogP contribution is 2.31. The molecule has 0 aromatic heterocycles. The molecule has 0 bridgehead atoms. The van der Waals surface area contributed by atoms with Gasteiger partial charge < -0.3 is 15.8 Å². The Morgan fingerprint density at radius 2 is 2.05 bits per heavy atom. The van der Waals surface area contributed by atoms with Gasteiger partial charge in [-0.2, -0.15) is 0 Å². The maximum atomic E-state index is 11.6. The van der Waals surface area contributed by atoms with E-state index in [-0.39, 0.29) is 24.0 Å². The minimum atomic E-state index is -0.240. The molecule has 0 spiro atoms. The monoisotopic (exact) mass is 342 g/mol. The number of nitrogens with two attached hydrogens (primary N) is 1. The number of nitrogens with one attached hydrogen (secondary N) is 1. The maximum Gasteiger partial charge on any atom is 0.257 e. The lowest BCUT2D eigenvalue weighted by molar-refractivity contribution is -0.123. The Labute approximate surface area is 127 Å². The van der Waals surface area contributed by atoms with Crippen molar-refractivity contribution in [3.8, 4) is 5.75 Å². The van der Waals surface area contributed by atoms with Gasteiger partial charge in [-0.25, -0.2) is 0 Å². The summed E-state index contributed by atoms with van der Waals surface area (Å²) >= 11 is 3.27. The van der Waals surface area contributed by atoms with E-state index in [0.717, 1.165) is 0 Å². The van der Waals surface area contributed by atoms with Crippen molar-refractivity contribution in [3.05, 3.63) is 22.2 Å². The zero-order valence-electron chi connectivity index (χ0n) is 11.8. The summed E-state index contributed by atoms with van der Waals surface area (Å²) < 4.78 is 6.09. The minimum absolute atomic E-state index is 0.168. The molecule has 1 aromatic carbocycles. The maximum absolute atomic E-state index is 11.6. The fourth-order valence-electron chi connectivity index (χ4n) is 1.54. The average Bonchev–Trinajstić information content (AvgIpc) is 2.34. The molecule has 0 aliphatic carbocycles. The quantitative estimate of drug-likeness (QED) is 0.614. The SMILES string of the molecule is CC(=O)c1cc(Br)cc(N)c1OCC(=O)NCC(C)C. The highest BCUT2D eigenvalue weighted by molar-refractivity contribution is 9.10. The fourth-order valence-corrected chi connectivity index (χ4v) is 2.02. The van der Waals surface area contributed by atoms with Crippen molar-refractivity contribution in [1.29, 1.82) is 0 Å². The third-order valence-corrected chi connectivity index (χ3v) is 2.97. The molecule has 1 rings (SSSR count). The number of amides is 1. The van der Waals surface area contributed by atoms with Gasteiger partial charge in [0.25, 0.3) is 5.91 Å². The molecule has 5 nitrogen and oxygen atoms in total. The Bertz CT molecular complexity index is 515. The second-order valence-corrected chi connectivity index (χ2v) is 5.83. The van der Waals surface area contributed by atoms with Crippen molar-refractivity contribution in [3.63, 3.8) is 0 Å². The molecule has 0 saturated carbocycles. The van der Waals surface area contributed by atoms with Crippen LogP contribution in [0.25, 0.3) is 0 Å². The standard InChI is InChI=1S/C14H19BrN2O3/c1-8(2)6-17-13(19)7-20-14-11(9(3)18)4-10(15)5-12(14)16/h4-5,8H,6-7,16H2,1-3H3,(H,17,19). The summed E-state index contributed by atoms with van der Waals surface area (Å²) in [6.45, 7) is 5.84. The van der Waals surface area contributed by atoms with Crippen LogP contribution in [-0.4, -0.2) is 24.8 Å². The van der Waals surface area contributed by atoms with Gasteiger partial charge in [0.1, 0.15) is 0 Å².